The lowest BCUT2D eigenvalue weighted by molar-refractivity contribution is 0.0953. The van der Waals surface area contributed by atoms with E-state index in [4.69, 9.17) is 11.6 Å². The zero-order valence-corrected chi connectivity index (χ0v) is 10.9. The number of aromatic nitrogens is 1. The van der Waals surface area contributed by atoms with Crippen LogP contribution in [0, 0.1) is 0 Å². The zero-order chi connectivity index (χ0) is 12.9. The smallest absolute Gasteiger partial charge is 0.254 e. The van der Waals surface area contributed by atoms with E-state index in [1.807, 2.05) is 0 Å². The average molecular weight is 277 g/mol. The van der Waals surface area contributed by atoms with Gasteiger partial charge in [-0.15, -0.1) is 0 Å². The number of rotatable bonds is 5. The van der Waals surface area contributed by atoms with Gasteiger partial charge in [0.1, 0.15) is 9.84 Å². The fourth-order valence-electron chi connectivity index (χ4n) is 1.18. The third-order valence-corrected chi connectivity index (χ3v) is 3.35. The summed E-state index contributed by atoms with van der Waals surface area (Å²) >= 11 is 5.81. The van der Waals surface area contributed by atoms with Gasteiger partial charge in [0.15, 0.2) is 0 Å². The Labute approximate surface area is 105 Å². The summed E-state index contributed by atoms with van der Waals surface area (Å²) < 4.78 is 21.7. The number of nitrogens with zero attached hydrogens (tertiary/aromatic N) is 1. The van der Waals surface area contributed by atoms with E-state index >= 15 is 0 Å². The second-order valence-electron chi connectivity index (χ2n) is 3.59. The van der Waals surface area contributed by atoms with Gasteiger partial charge in [-0.25, -0.2) is 8.42 Å². The maximum absolute atomic E-state index is 11.6. The van der Waals surface area contributed by atoms with Gasteiger partial charge in [0, 0.05) is 25.2 Å². The van der Waals surface area contributed by atoms with Crippen LogP contribution in [-0.2, 0) is 9.84 Å². The first-order chi connectivity index (χ1) is 7.90. The first-order valence-electron chi connectivity index (χ1n) is 4.95. The van der Waals surface area contributed by atoms with Gasteiger partial charge in [-0.1, -0.05) is 11.6 Å². The maximum atomic E-state index is 11.6. The van der Waals surface area contributed by atoms with Crippen LogP contribution >= 0.6 is 11.6 Å². The first kappa shape index (κ1) is 13.9. The molecule has 1 aromatic heterocycles. The van der Waals surface area contributed by atoms with Gasteiger partial charge in [0.05, 0.1) is 16.3 Å². The minimum absolute atomic E-state index is 0.0497. The number of amides is 1. The van der Waals surface area contributed by atoms with E-state index in [0.717, 1.165) is 6.26 Å². The molecule has 0 unspecified atom stereocenters. The topological polar surface area (TPSA) is 76.1 Å². The van der Waals surface area contributed by atoms with Crippen molar-refractivity contribution < 1.29 is 13.2 Å². The molecular formula is C10H13ClN2O3S. The Morgan fingerprint density at radius 3 is 2.82 bits per heavy atom. The molecule has 0 aliphatic heterocycles. The van der Waals surface area contributed by atoms with Crippen LogP contribution in [0.25, 0.3) is 0 Å². The monoisotopic (exact) mass is 276 g/mol. The molecule has 0 saturated heterocycles. The number of sulfone groups is 1. The van der Waals surface area contributed by atoms with Crippen molar-refractivity contribution in [1.82, 2.24) is 10.3 Å². The lowest BCUT2D eigenvalue weighted by Crippen LogP contribution is -2.26. The Balaban J connectivity index is 2.44. The van der Waals surface area contributed by atoms with Crippen molar-refractivity contribution in [2.45, 2.75) is 6.42 Å². The summed E-state index contributed by atoms with van der Waals surface area (Å²) in [4.78, 5) is 15.4. The van der Waals surface area contributed by atoms with E-state index in [2.05, 4.69) is 10.3 Å². The fourth-order valence-corrected chi connectivity index (χ4v) is 2.04. The Kier molecular flexibility index (Phi) is 4.89. The number of carbonyl (C=O) groups is 1. The Bertz CT molecular complexity index is 502. The summed E-state index contributed by atoms with van der Waals surface area (Å²) in [5.74, 6) is -0.301. The number of hydrogen-bond donors (Lipinski definition) is 1. The Morgan fingerprint density at radius 1 is 1.53 bits per heavy atom. The maximum Gasteiger partial charge on any atom is 0.254 e. The van der Waals surface area contributed by atoms with Crippen LogP contribution in [0.3, 0.4) is 0 Å². The number of halogens is 1. The SMILES string of the molecule is CS(=O)(=O)CCCNC(=O)c1cnccc1Cl. The van der Waals surface area contributed by atoms with Crippen molar-refractivity contribution in [3.63, 3.8) is 0 Å². The summed E-state index contributed by atoms with van der Waals surface area (Å²) in [6.07, 6.45) is 4.40. The van der Waals surface area contributed by atoms with Crippen molar-refractivity contribution in [2.24, 2.45) is 0 Å². The summed E-state index contributed by atoms with van der Waals surface area (Å²) in [5.41, 5.74) is 0.286. The van der Waals surface area contributed by atoms with Crippen molar-refractivity contribution in [2.75, 3.05) is 18.6 Å². The molecule has 5 nitrogen and oxygen atoms in total. The average Bonchev–Trinajstić information content (AvgIpc) is 2.23. The number of hydrogen-bond acceptors (Lipinski definition) is 4. The molecule has 94 valence electrons. The van der Waals surface area contributed by atoms with E-state index in [1.54, 1.807) is 0 Å². The highest BCUT2D eigenvalue weighted by molar-refractivity contribution is 7.90. The molecule has 0 bridgehead atoms. The number of carbonyl (C=O) groups excluding carboxylic acids is 1. The minimum Gasteiger partial charge on any atom is -0.352 e. The minimum atomic E-state index is -2.98. The third-order valence-electron chi connectivity index (χ3n) is 1.99. The molecule has 1 aromatic rings. The number of pyridine rings is 1. The molecule has 17 heavy (non-hydrogen) atoms. The summed E-state index contributed by atoms with van der Waals surface area (Å²) in [6, 6.07) is 1.52. The molecule has 0 atom stereocenters. The standard InChI is InChI=1S/C10H13ClN2O3S/c1-17(15,16)6-2-4-13-10(14)8-7-12-5-3-9(8)11/h3,5,7H,2,4,6H2,1H3,(H,13,14). The van der Waals surface area contributed by atoms with Gasteiger partial charge >= 0.3 is 0 Å². The van der Waals surface area contributed by atoms with Crippen LogP contribution in [0.2, 0.25) is 5.02 Å². The lowest BCUT2D eigenvalue weighted by Gasteiger charge is -2.05. The lowest BCUT2D eigenvalue weighted by atomic mass is 10.2. The molecule has 0 aromatic carbocycles. The molecule has 0 aliphatic rings. The third kappa shape index (κ3) is 5.14. The quantitative estimate of drug-likeness (QED) is 0.811. The Morgan fingerprint density at radius 2 is 2.24 bits per heavy atom. The molecule has 1 heterocycles. The summed E-state index contributed by atoms with van der Waals surface area (Å²) in [7, 11) is -2.98. The summed E-state index contributed by atoms with van der Waals surface area (Å²) in [6.45, 7) is 0.289. The van der Waals surface area contributed by atoms with Crippen LogP contribution in [-0.4, -0.2) is 37.9 Å². The van der Waals surface area contributed by atoms with Gasteiger partial charge in [-0.3, -0.25) is 9.78 Å². The molecule has 1 N–H and O–H groups in total. The van der Waals surface area contributed by atoms with Crippen molar-refractivity contribution in [1.29, 1.82) is 0 Å². The number of nitrogens with one attached hydrogen (secondary N) is 1. The Hall–Kier alpha value is -1.14. The highest BCUT2D eigenvalue weighted by Crippen LogP contribution is 2.12. The van der Waals surface area contributed by atoms with Gasteiger partial charge in [0.2, 0.25) is 0 Å². The summed E-state index contributed by atoms with van der Waals surface area (Å²) in [5, 5.41) is 2.90. The highest BCUT2D eigenvalue weighted by Gasteiger charge is 2.09. The molecule has 1 amide bonds. The molecule has 0 spiro atoms. The van der Waals surface area contributed by atoms with E-state index in [-0.39, 0.29) is 23.8 Å². The normalized spacial score (nSPS) is 11.2. The molecule has 0 saturated carbocycles. The largest absolute Gasteiger partial charge is 0.352 e. The molecule has 1 rings (SSSR count). The van der Waals surface area contributed by atoms with Crippen LogP contribution in [0.15, 0.2) is 18.5 Å². The molecule has 0 fully saturated rings. The second-order valence-corrected chi connectivity index (χ2v) is 6.26. The van der Waals surface area contributed by atoms with Gasteiger partial charge < -0.3 is 5.32 Å². The van der Waals surface area contributed by atoms with E-state index < -0.39 is 9.84 Å². The highest BCUT2D eigenvalue weighted by atomic mass is 35.5. The van der Waals surface area contributed by atoms with E-state index in [9.17, 15) is 13.2 Å². The van der Waals surface area contributed by atoms with E-state index in [1.165, 1.54) is 18.5 Å². The fraction of sp³-hybridized carbons (Fsp3) is 0.400. The molecule has 0 aliphatic carbocycles. The van der Waals surface area contributed by atoms with Crippen molar-refractivity contribution >= 4 is 27.3 Å². The molecular weight excluding hydrogens is 264 g/mol. The van der Waals surface area contributed by atoms with Gasteiger partial charge in [-0.05, 0) is 12.5 Å². The first-order valence-corrected chi connectivity index (χ1v) is 7.39. The zero-order valence-electron chi connectivity index (χ0n) is 9.31. The van der Waals surface area contributed by atoms with Crippen molar-refractivity contribution in [3.8, 4) is 0 Å². The van der Waals surface area contributed by atoms with Gasteiger partial charge in [0.25, 0.3) is 5.91 Å². The van der Waals surface area contributed by atoms with Crippen LogP contribution in [0.4, 0.5) is 0 Å². The van der Waals surface area contributed by atoms with Crippen LogP contribution < -0.4 is 5.32 Å². The van der Waals surface area contributed by atoms with Gasteiger partial charge in [-0.2, -0.15) is 0 Å². The molecule has 7 heteroatoms. The second kappa shape index (κ2) is 5.97. The van der Waals surface area contributed by atoms with Crippen LogP contribution in [0.5, 0.6) is 0 Å². The van der Waals surface area contributed by atoms with E-state index in [0.29, 0.717) is 11.4 Å². The predicted molar refractivity (Wildman–Crippen MR) is 65.9 cm³/mol. The molecule has 0 radical (unpaired) electrons. The predicted octanol–water partition coefficient (Wildman–Crippen LogP) is 0.900. The van der Waals surface area contributed by atoms with Crippen LogP contribution in [0.1, 0.15) is 16.8 Å². The van der Waals surface area contributed by atoms with Crippen molar-refractivity contribution in [3.05, 3.63) is 29.0 Å².